The average Bonchev–Trinajstić information content (AvgIpc) is 3.50. The summed E-state index contributed by atoms with van der Waals surface area (Å²) in [5, 5.41) is 15.5. The molecule has 0 saturated carbocycles. The summed E-state index contributed by atoms with van der Waals surface area (Å²) in [7, 11) is 0. The second-order valence-electron chi connectivity index (χ2n) is 12.1. The zero-order valence-corrected chi connectivity index (χ0v) is 26.3. The van der Waals surface area contributed by atoms with Gasteiger partial charge in [0.2, 0.25) is 5.91 Å². The van der Waals surface area contributed by atoms with Crippen LogP contribution in [0.1, 0.15) is 50.0 Å². The van der Waals surface area contributed by atoms with Gasteiger partial charge < -0.3 is 39.4 Å². The van der Waals surface area contributed by atoms with Crippen LogP contribution in [0.15, 0.2) is 84.9 Å². The van der Waals surface area contributed by atoms with Crippen LogP contribution in [0.25, 0.3) is 0 Å². The van der Waals surface area contributed by atoms with Crippen molar-refractivity contribution in [2.75, 3.05) is 0 Å². The molecule has 0 bridgehead atoms. The van der Waals surface area contributed by atoms with E-state index in [0.29, 0.717) is 11.5 Å². The normalized spacial score (nSPS) is 22.9. The number of carboxylic acid groups (broad SMARTS) is 1. The number of hydrogen-bond acceptors (Lipinski definition) is 8. The highest BCUT2D eigenvalue weighted by molar-refractivity contribution is 5.99. The van der Waals surface area contributed by atoms with Crippen LogP contribution in [0, 0.1) is 5.92 Å². The molecule has 2 fully saturated rings. The highest BCUT2D eigenvalue weighted by Crippen LogP contribution is 2.40. The third-order valence-electron chi connectivity index (χ3n) is 7.77. The van der Waals surface area contributed by atoms with Gasteiger partial charge in [-0.3, -0.25) is 14.4 Å². The summed E-state index contributed by atoms with van der Waals surface area (Å²) in [5.41, 5.74) is 1.14. The summed E-state index contributed by atoms with van der Waals surface area (Å²) >= 11 is 0. The lowest BCUT2D eigenvalue weighted by Crippen LogP contribution is -2.57. The van der Waals surface area contributed by atoms with Crippen LogP contribution in [0.5, 0.6) is 11.5 Å². The van der Waals surface area contributed by atoms with E-state index >= 15 is 0 Å². The number of carbonyl (C=O) groups excluding carboxylic acids is 2. The number of benzene rings is 3. The van der Waals surface area contributed by atoms with Crippen molar-refractivity contribution in [3.8, 4) is 11.5 Å². The maximum absolute atomic E-state index is 13.8. The molecule has 3 aromatic carbocycles. The Kier molecular flexibility index (Phi) is 10.4. The third kappa shape index (κ3) is 8.10. The first-order valence-electron chi connectivity index (χ1n) is 15.3. The Balaban J connectivity index is 1.34. The summed E-state index contributed by atoms with van der Waals surface area (Å²) < 4.78 is 30.5. The molecule has 2 heterocycles. The summed E-state index contributed by atoms with van der Waals surface area (Å²) in [6, 6.07) is 23.2. The lowest BCUT2D eigenvalue weighted by molar-refractivity contribution is -0.223. The van der Waals surface area contributed by atoms with Gasteiger partial charge in [-0.25, -0.2) is 0 Å². The molecule has 3 aromatic rings. The second kappa shape index (κ2) is 14.4. The van der Waals surface area contributed by atoms with Crippen molar-refractivity contribution in [2.45, 2.75) is 83.2 Å². The Morgan fingerprint density at radius 2 is 1.54 bits per heavy atom. The number of rotatable bonds is 13. The SMILES string of the molecule is CC(C)[C@H](NC(=O)c1ccccc1Oc1ccccc1)C(=O)N[C@H](CC(=O)O)[C@H]1O[C@@H]2OC(C)(C)O[C@@H]2[C@H]1OCc1ccccc1. The largest absolute Gasteiger partial charge is 0.481 e. The Morgan fingerprint density at radius 1 is 0.891 bits per heavy atom. The smallest absolute Gasteiger partial charge is 0.305 e. The van der Waals surface area contributed by atoms with Crippen molar-refractivity contribution in [3.05, 3.63) is 96.1 Å². The van der Waals surface area contributed by atoms with Gasteiger partial charge >= 0.3 is 5.97 Å². The zero-order chi connectivity index (χ0) is 32.8. The molecule has 0 aliphatic carbocycles. The number of carboxylic acids is 1. The molecule has 0 radical (unpaired) electrons. The topological polar surface area (TPSA) is 142 Å². The first-order valence-corrected chi connectivity index (χ1v) is 15.3. The number of para-hydroxylation sites is 2. The van der Waals surface area contributed by atoms with E-state index < -0.39 is 66.7 Å². The van der Waals surface area contributed by atoms with Gasteiger partial charge in [0.25, 0.3) is 5.91 Å². The van der Waals surface area contributed by atoms with E-state index in [1.807, 2.05) is 48.5 Å². The maximum atomic E-state index is 13.8. The van der Waals surface area contributed by atoms with Gasteiger partial charge in [-0.1, -0.05) is 74.5 Å². The number of nitrogens with one attached hydrogen (secondary N) is 2. The van der Waals surface area contributed by atoms with E-state index in [1.54, 1.807) is 64.1 Å². The highest BCUT2D eigenvalue weighted by atomic mass is 16.8. The second-order valence-corrected chi connectivity index (χ2v) is 12.1. The zero-order valence-electron chi connectivity index (χ0n) is 26.3. The number of carbonyl (C=O) groups is 3. The predicted octanol–water partition coefficient (Wildman–Crippen LogP) is 4.65. The van der Waals surface area contributed by atoms with Crippen molar-refractivity contribution < 1.29 is 43.2 Å². The van der Waals surface area contributed by atoms with Crippen molar-refractivity contribution in [2.24, 2.45) is 5.92 Å². The lowest BCUT2D eigenvalue weighted by atomic mass is 9.97. The summed E-state index contributed by atoms with van der Waals surface area (Å²) in [4.78, 5) is 39.4. The summed E-state index contributed by atoms with van der Waals surface area (Å²) in [5.74, 6) is -2.64. The maximum Gasteiger partial charge on any atom is 0.305 e. The lowest BCUT2D eigenvalue weighted by Gasteiger charge is -2.32. The minimum absolute atomic E-state index is 0.210. The molecule has 11 nitrogen and oxygen atoms in total. The molecule has 2 aliphatic rings. The molecular weight excluding hydrogens is 592 g/mol. The Hall–Kier alpha value is -4.29. The molecule has 2 amide bonds. The fraction of sp³-hybridized carbons (Fsp3) is 0.400. The standard InChI is InChI=1S/C35H40N2O9/c1-21(2)28(37-32(40)24-17-11-12-18-26(24)43-23-15-9-6-10-16-23)33(41)36-25(19-27(38)39)29-30(42-20-22-13-7-5-8-14-22)31-34(44-29)46-35(3,4)45-31/h5-18,21,25,28-31,34H,19-20H2,1-4H3,(H,36,41)(H,37,40)(H,38,39)/t25-,28+,29-,30+,31-,34-/m1/s1. The van der Waals surface area contributed by atoms with Crippen molar-refractivity contribution in [3.63, 3.8) is 0 Å². The quantitative estimate of drug-likeness (QED) is 0.245. The van der Waals surface area contributed by atoms with Gasteiger partial charge in [-0.15, -0.1) is 0 Å². The molecule has 3 N–H and O–H groups in total. The van der Waals surface area contributed by atoms with Crippen LogP contribution in [0.2, 0.25) is 0 Å². The molecular formula is C35H40N2O9. The molecule has 11 heteroatoms. The first-order chi connectivity index (χ1) is 22.0. The molecule has 0 spiro atoms. The number of aliphatic carboxylic acids is 1. The fourth-order valence-electron chi connectivity index (χ4n) is 5.61. The van der Waals surface area contributed by atoms with Crippen LogP contribution in [0.4, 0.5) is 0 Å². The Labute approximate surface area is 268 Å². The summed E-state index contributed by atoms with van der Waals surface area (Å²) in [6.07, 6.45) is -3.62. The van der Waals surface area contributed by atoms with Crippen LogP contribution < -0.4 is 15.4 Å². The van der Waals surface area contributed by atoms with Crippen molar-refractivity contribution >= 4 is 17.8 Å². The van der Waals surface area contributed by atoms with E-state index in [2.05, 4.69) is 10.6 Å². The number of amides is 2. The van der Waals surface area contributed by atoms with E-state index in [9.17, 15) is 19.5 Å². The summed E-state index contributed by atoms with van der Waals surface area (Å²) in [6.45, 7) is 7.30. The van der Waals surface area contributed by atoms with E-state index in [0.717, 1.165) is 5.56 Å². The molecule has 0 aromatic heterocycles. The number of fused-ring (bicyclic) bond motifs is 1. The van der Waals surface area contributed by atoms with Gasteiger partial charge in [0.05, 0.1) is 24.6 Å². The van der Waals surface area contributed by atoms with E-state index in [4.69, 9.17) is 23.7 Å². The van der Waals surface area contributed by atoms with Crippen LogP contribution >= 0.6 is 0 Å². The Bertz CT molecular complexity index is 1500. The van der Waals surface area contributed by atoms with Crippen molar-refractivity contribution in [1.82, 2.24) is 10.6 Å². The first kappa shape index (κ1) is 33.1. The van der Waals surface area contributed by atoms with Crippen LogP contribution in [0.3, 0.4) is 0 Å². The number of ether oxygens (including phenoxy) is 5. The molecule has 6 atom stereocenters. The van der Waals surface area contributed by atoms with Gasteiger partial charge in [-0.2, -0.15) is 0 Å². The van der Waals surface area contributed by atoms with Gasteiger partial charge in [0.15, 0.2) is 12.1 Å². The highest BCUT2D eigenvalue weighted by Gasteiger charge is 2.57. The van der Waals surface area contributed by atoms with Crippen LogP contribution in [-0.4, -0.2) is 65.4 Å². The number of hydrogen-bond donors (Lipinski definition) is 3. The van der Waals surface area contributed by atoms with Gasteiger partial charge in [0, 0.05) is 0 Å². The van der Waals surface area contributed by atoms with Gasteiger partial charge in [-0.05, 0) is 49.6 Å². The minimum Gasteiger partial charge on any atom is -0.481 e. The molecule has 5 rings (SSSR count). The monoisotopic (exact) mass is 632 g/mol. The molecule has 46 heavy (non-hydrogen) atoms. The van der Waals surface area contributed by atoms with Crippen LogP contribution in [-0.2, 0) is 35.1 Å². The van der Waals surface area contributed by atoms with Gasteiger partial charge in [0.1, 0.15) is 35.9 Å². The Morgan fingerprint density at radius 3 is 2.22 bits per heavy atom. The molecule has 2 saturated heterocycles. The van der Waals surface area contributed by atoms with E-state index in [1.165, 1.54) is 0 Å². The molecule has 244 valence electrons. The van der Waals surface area contributed by atoms with E-state index in [-0.39, 0.29) is 18.1 Å². The minimum atomic E-state index is -1.15. The fourth-order valence-corrected chi connectivity index (χ4v) is 5.61. The predicted molar refractivity (Wildman–Crippen MR) is 167 cm³/mol. The third-order valence-corrected chi connectivity index (χ3v) is 7.77. The van der Waals surface area contributed by atoms with Crippen molar-refractivity contribution in [1.29, 1.82) is 0 Å². The average molecular weight is 633 g/mol. The molecule has 2 aliphatic heterocycles. The molecule has 0 unspecified atom stereocenters.